The molecule has 0 aliphatic carbocycles. The maximum absolute atomic E-state index is 11.7. The first-order chi connectivity index (χ1) is 6.51. The van der Waals surface area contributed by atoms with E-state index in [1.165, 1.54) is 18.2 Å². The van der Waals surface area contributed by atoms with Crippen LogP contribution in [0.25, 0.3) is 0 Å². The molecule has 0 aromatic heterocycles. The van der Waals surface area contributed by atoms with Gasteiger partial charge in [0.2, 0.25) is 0 Å². The van der Waals surface area contributed by atoms with Crippen LogP contribution in [0.3, 0.4) is 0 Å². The quantitative estimate of drug-likeness (QED) is 0.488. The van der Waals surface area contributed by atoms with Crippen molar-refractivity contribution < 1.29 is 54.9 Å². The van der Waals surface area contributed by atoms with Gasteiger partial charge in [0, 0.05) is 38.5 Å². The number of rotatable bonds is 3. The minimum absolute atomic E-state index is 0. The molecule has 0 heterocycles. The Morgan fingerprint density at radius 3 is 2.47 bits per heavy atom. The van der Waals surface area contributed by atoms with Gasteiger partial charge in [0.25, 0.3) is 0 Å². The average Bonchev–Trinajstić information content (AvgIpc) is 2.14. The van der Waals surface area contributed by atoms with Gasteiger partial charge in [0.05, 0.1) is 6.29 Å². The van der Waals surface area contributed by atoms with Gasteiger partial charge in [-0.1, -0.05) is 5.56 Å². The van der Waals surface area contributed by atoms with Gasteiger partial charge in [-0.25, -0.2) is 0 Å². The van der Waals surface area contributed by atoms with Gasteiger partial charge in [0.15, 0.2) is 12.0 Å². The van der Waals surface area contributed by atoms with Crippen LogP contribution in [0.1, 0.15) is 10.4 Å². The zero-order valence-electron chi connectivity index (χ0n) is 7.25. The Balaban J connectivity index is 0.00000196. The number of aldehydes is 1. The molecule has 0 aliphatic heterocycles. The Kier molecular flexibility index (Phi) is 6.47. The van der Waals surface area contributed by atoms with Crippen molar-refractivity contribution in [2.75, 3.05) is 0 Å². The van der Waals surface area contributed by atoms with Gasteiger partial charge in [-0.05, 0) is 0 Å². The fourth-order valence-electron chi connectivity index (χ4n) is 0.640. The van der Waals surface area contributed by atoms with Gasteiger partial charge < -0.3 is 8.98 Å². The Morgan fingerprint density at radius 1 is 1.40 bits per heavy atom. The van der Waals surface area contributed by atoms with E-state index < -0.39 is 17.6 Å². The summed E-state index contributed by atoms with van der Waals surface area (Å²) in [5, 5.41) is 0. The van der Waals surface area contributed by atoms with E-state index in [1.807, 2.05) is 0 Å². The van der Waals surface area contributed by atoms with E-state index in [0.29, 0.717) is 11.8 Å². The third-order valence-corrected chi connectivity index (χ3v) is 1.62. The molecule has 1 aromatic carbocycles. The molecule has 0 amide bonds. The molecule has 7 heteroatoms. The Hall–Kier alpha value is -0.0661. The van der Waals surface area contributed by atoms with Crippen LogP contribution in [-0.4, -0.2) is 11.8 Å². The van der Waals surface area contributed by atoms with Crippen LogP contribution in [0.4, 0.5) is 13.2 Å². The second kappa shape index (κ2) is 6.50. The van der Waals surface area contributed by atoms with Crippen molar-refractivity contribution in [2.24, 2.45) is 0 Å². The molecule has 2 nitrogen and oxygen atoms in total. The molecule has 79 valence electrons. The van der Waals surface area contributed by atoms with Crippen molar-refractivity contribution >= 4 is 18.3 Å². The predicted molar refractivity (Wildman–Crippen MR) is 44.9 cm³/mol. The topological polar surface area (TPSA) is 26.3 Å². The molecule has 1 rings (SSSR count). The van der Waals surface area contributed by atoms with E-state index in [2.05, 4.69) is 10.2 Å². The summed E-state index contributed by atoms with van der Waals surface area (Å²) in [5.41, 5.74) is -4.12. The van der Waals surface area contributed by atoms with Gasteiger partial charge in [-0.2, -0.15) is 25.3 Å². The zero-order valence-corrected chi connectivity index (χ0v) is 10.9. The van der Waals surface area contributed by atoms with E-state index in [4.69, 9.17) is 0 Å². The number of carbonyl (C=O) groups is 1. The molecule has 0 aliphatic rings. The van der Waals surface area contributed by atoms with Crippen LogP contribution >= 0.6 is 12.0 Å². The third-order valence-electron chi connectivity index (χ3n) is 1.17. The van der Waals surface area contributed by atoms with E-state index in [9.17, 15) is 18.0 Å². The van der Waals surface area contributed by atoms with Crippen LogP contribution in [0.5, 0.6) is 5.75 Å². The van der Waals surface area contributed by atoms with Crippen LogP contribution in [0, 0.1) is 6.07 Å². The molecular formula is C8H4F3O2SY-. The Bertz CT molecular complexity index is 313. The third kappa shape index (κ3) is 6.17. The van der Waals surface area contributed by atoms with Gasteiger partial charge in [0.1, 0.15) is 0 Å². The normalized spacial score (nSPS) is 10.3. The molecule has 0 fully saturated rings. The van der Waals surface area contributed by atoms with Crippen molar-refractivity contribution in [1.82, 2.24) is 0 Å². The second-order valence-electron chi connectivity index (χ2n) is 2.22. The van der Waals surface area contributed by atoms with E-state index in [0.717, 1.165) is 0 Å². The van der Waals surface area contributed by atoms with Crippen molar-refractivity contribution in [2.45, 2.75) is 5.51 Å². The standard InChI is InChI=1S/C8H4F3O2S.Y/c9-8(10,11)14-13-7-3-1-6(5-12)2-4-7;/h1-3,5H;/q-1;. The minimum atomic E-state index is -4.45. The predicted octanol–water partition coefficient (Wildman–Crippen LogP) is 2.84. The number of hydrogen-bond donors (Lipinski definition) is 0. The van der Waals surface area contributed by atoms with Crippen LogP contribution in [0.15, 0.2) is 18.2 Å². The molecule has 0 N–H and O–H groups in total. The SMILES string of the molecule is O=Cc1c[c-]c(OSC(F)(F)F)cc1.[Y]. The number of halogens is 3. The minimum Gasteiger partial charge on any atom is -0.444 e. The molecule has 0 atom stereocenters. The Labute approximate surface area is 114 Å². The smallest absolute Gasteiger partial charge is 0.444 e. The summed E-state index contributed by atoms with van der Waals surface area (Å²) in [7, 11) is 0. The molecule has 0 saturated carbocycles. The first kappa shape index (κ1) is 14.9. The summed E-state index contributed by atoms with van der Waals surface area (Å²) in [6.45, 7) is 0. The van der Waals surface area contributed by atoms with Crippen molar-refractivity contribution in [3.63, 3.8) is 0 Å². The van der Waals surface area contributed by atoms with Gasteiger partial charge in [-0.3, -0.25) is 0 Å². The largest absolute Gasteiger partial charge is 0.479 e. The number of hydrogen-bond acceptors (Lipinski definition) is 3. The Morgan fingerprint density at radius 2 is 2.07 bits per heavy atom. The molecule has 1 aromatic rings. The fraction of sp³-hybridized carbons (Fsp3) is 0.125. The van der Waals surface area contributed by atoms with Gasteiger partial charge in [-0.15, -0.1) is 12.1 Å². The summed E-state index contributed by atoms with van der Waals surface area (Å²) in [5.74, 6) is -0.0714. The van der Waals surface area contributed by atoms with Crippen molar-refractivity contribution in [3.05, 3.63) is 29.8 Å². The second-order valence-corrected chi connectivity index (χ2v) is 3.01. The first-order valence-electron chi connectivity index (χ1n) is 3.40. The summed E-state index contributed by atoms with van der Waals surface area (Å²) < 4.78 is 39.3. The molecule has 0 saturated heterocycles. The average molecular weight is 310 g/mol. The molecule has 0 unspecified atom stereocenters. The molecular weight excluding hydrogens is 306 g/mol. The van der Waals surface area contributed by atoms with E-state index in [1.54, 1.807) is 0 Å². The summed E-state index contributed by atoms with van der Waals surface area (Å²) in [6.07, 6.45) is 0.567. The van der Waals surface area contributed by atoms with E-state index in [-0.39, 0.29) is 38.5 Å². The monoisotopic (exact) mass is 310 g/mol. The van der Waals surface area contributed by atoms with Crippen LogP contribution < -0.4 is 4.18 Å². The molecule has 1 radical (unpaired) electrons. The summed E-state index contributed by atoms with van der Waals surface area (Å²) in [4.78, 5) is 10.2. The maximum atomic E-state index is 11.7. The number of carbonyl (C=O) groups excluding carboxylic acids is 1. The van der Waals surface area contributed by atoms with E-state index >= 15 is 0 Å². The summed E-state index contributed by atoms with van der Waals surface area (Å²) >= 11 is -0.619. The van der Waals surface area contributed by atoms with Crippen molar-refractivity contribution in [3.8, 4) is 5.75 Å². The van der Waals surface area contributed by atoms with Crippen molar-refractivity contribution in [1.29, 1.82) is 0 Å². The molecule has 0 spiro atoms. The first-order valence-corrected chi connectivity index (χ1v) is 4.15. The molecule has 15 heavy (non-hydrogen) atoms. The zero-order chi connectivity index (χ0) is 10.6. The maximum Gasteiger partial charge on any atom is 0.479 e. The van der Waals surface area contributed by atoms with Crippen LogP contribution in [0.2, 0.25) is 0 Å². The number of alkyl halides is 3. The summed E-state index contributed by atoms with van der Waals surface area (Å²) in [6, 6.07) is 6.22. The molecule has 0 bridgehead atoms. The number of benzene rings is 1. The van der Waals surface area contributed by atoms with Gasteiger partial charge >= 0.3 is 5.51 Å². The van der Waals surface area contributed by atoms with Crippen LogP contribution in [-0.2, 0) is 32.7 Å². The fourth-order valence-corrected chi connectivity index (χ4v) is 0.928.